The number of sulfone groups is 1. The summed E-state index contributed by atoms with van der Waals surface area (Å²) in [5, 5.41) is 0. The third-order valence-corrected chi connectivity index (χ3v) is 3.25. The summed E-state index contributed by atoms with van der Waals surface area (Å²) in [5.74, 6) is 0.767. The van der Waals surface area contributed by atoms with Gasteiger partial charge in [-0.15, -0.1) is 11.6 Å². The highest BCUT2D eigenvalue weighted by Gasteiger charge is 2.07. The molecular formula is C7H15ClO3S. The Morgan fingerprint density at radius 1 is 1.25 bits per heavy atom. The van der Waals surface area contributed by atoms with E-state index in [1.165, 1.54) is 0 Å². The Hall–Kier alpha value is 0.200. The Balaban J connectivity index is 3.48. The summed E-state index contributed by atoms with van der Waals surface area (Å²) in [7, 11) is -2.88. The Kier molecular flexibility index (Phi) is 6.80. The van der Waals surface area contributed by atoms with Gasteiger partial charge >= 0.3 is 0 Å². The van der Waals surface area contributed by atoms with Crippen LogP contribution in [0.4, 0.5) is 0 Å². The molecule has 0 aromatic rings. The normalized spacial score (nSPS) is 11.8. The predicted molar refractivity (Wildman–Crippen MR) is 50.5 cm³/mol. The smallest absolute Gasteiger partial charge is 0.152 e. The first-order valence-corrected chi connectivity index (χ1v) is 6.32. The van der Waals surface area contributed by atoms with Crippen LogP contribution in [0.3, 0.4) is 0 Å². The lowest BCUT2D eigenvalue weighted by molar-refractivity contribution is 0.165. The fourth-order valence-corrected chi connectivity index (χ4v) is 2.06. The second kappa shape index (κ2) is 6.69. The first kappa shape index (κ1) is 12.2. The van der Waals surface area contributed by atoms with E-state index in [-0.39, 0.29) is 18.1 Å². The minimum atomic E-state index is -2.88. The summed E-state index contributed by atoms with van der Waals surface area (Å²) in [4.78, 5) is 0. The van der Waals surface area contributed by atoms with Crippen LogP contribution in [-0.4, -0.2) is 39.0 Å². The maximum atomic E-state index is 11.1. The maximum Gasteiger partial charge on any atom is 0.152 e. The lowest BCUT2D eigenvalue weighted by Crippen LogP contribution is -2.15. The van der Waals surface area contributed by atoms with Gasteiger partial charge in [-0.2, -0.15) is 0 Å². The number of alkyl halides is 1. The Labute approximate surface area is 79.0 Å². The number of halogens is 1. The van der Waals surface area contributed by atoms with Crippen LogP contribution in [-0.2, 0) is 14.6 Å². The zero-order chi connectivity index (χ0) is 9.45. The summed E-state index contributed by atoms with van der Waals surface area (Å²) in [6.07, 6.45) is 0.665. The van der Waals surface area contributed by atoms with Crippen molar-refractivity contribution < 1.29 is 13.2 Å². The van der Waals surface area contributed by atoms with Crippen molar-refractivity contribution in [3.63, 3.8) is 0 Å². The van der Waals surface area contributed by atoms with Gasteiger partial charge in [-0.3, -0.25) is 0 Å². The minimum Gasteiger partial charge on any atom is -0.379 e. The van der Waals surface area contributed by atoms with E-state index in [1.807, 2.05) is 6.92 Å². The summed E-state index contributed by atoms with van der Waals surface area (Å²) in [6.45, 7) is 2.52. The zero-order valence-corrected chi connectivity index (χ0v) is 8.83. The molecule has 0 aliphatic carbocycles. The van der Waals surface area contributed by atoms with Crippen LogP contribution in [0.15, 0.2) is 0 Å². The molecule has 0 spiro atoms. The molecule has 3 nitrogen and oxygen atoms in total. The molecule has 0 radical (unpaired) electrons. The van der Waals surface area contributed by atoms with Crippen LogP contribution in [0.1, 0.15) is 13.3 Å². The van der Waals surface area contributed by atoms with Crippen LogP contribution in [0.25, 0.3) is 0 Å². The van der Waals surface area contributed by atoms with Crippen LogP contribution in [0.5, 0.6) is 0 Å². The number of hydrogen-bond donors (Lipinski definition) is 0. The van der Waals surface area contributed by atoms with Crippen molar-refractivity contribution in [1.29, 1.82) is 0 Å². The van der Waals surface area contributed by atoms with Crippen LogP contribution in [0, 0.1) is 0 Å². The number of rotatable bonds is 7. The van der Waals surface area contributed by atoms with E-state index in [2.05, 4.69) is 0 Å². The molecule has 12 heavy (non-hydrogen) atoms. The second-order valence-electron chi connectivity index (χ2n) is 2.45. The van der Waals surface area contributed by atoms with Crippen LogP contribution in [0.2, 0.25) is 0 Å². The summed E-state index contributed by atoms with van der Waals surface area (Å²) in [6, 6.07) is 0. The molecule has 0 atom stereocenters. The van der Waals surface area contributed by atoms with E-state index in [4.69, 9.17) is 16.3 Å². The quantitative estimate of drug-likeness (QED) is 0.470. The standard InChI is InChI=1S/C7H15ClO3S/c1-2-6-12(9,10)7-5-11-4-3-8/h2-7H2,1H3. The van der Waals surface area contributed by atoms with Gasteiger partial charge in [0.05, 0.1) is 19.0 Å². The minimum absolute atomic E-state index is 0.109. The third kappa shape index (κ3) is 6.88. The highest BCUT2D eigenvalue weighted by Crippen LogP contribution is 1.93. The molecule has 0 bridgehead atoms. The average Bonchev–Trinajstić information content (AvgIpc) is 1.98. The molecule has 0 saturated carbocycles. The summed E-state index contributed by atoms with van der Waals surface area (Å²) >= 11 is 5.34. The molecule has 0 saturated heterocycles. The summed E-state index contributed by atoms with van der Waals surface area (Å²) < 4.78 is 27.1. The maximum absolute atomic E-state index is 11.1. The van der Waals surface area contributed by atoms with Crippen LogP contribution >= 0.6 is 11.6 Å². The van der Waals surface area contributed by atoms with E-state index in [0.29, 0.717) is 18.9 Å². The van der Waals surface area contributed by atoms with Gasteiger partial charge in [-0.1, -0.05) is 6.92 Å². The van der Waals surface area contributed by atoms with Gasteiger partial charge in [0, 0.05) is 11.6 Å². The Morgan fingerprint density at radius 2 is 1.92 bits per heavy atom. The molecule has 0 N–H and O–H groups in total. The molecule has 0 amide bonds. The highest BCUT2D eigenvalue weighted by atomic mass is 35.5. The molecule has 0 heterocycles. The first-order valence-electron chi connectivity index (χ1n) is 3.96. The van der Waals surface area contributed by atoms with Crippen molar-refractivity contribution in [2.24, 2.45) is 0 Å². The average molecular weight is 215 g/mol. The highest BCUT2D eigenvalue weighted by molar-refractivity contribution is 7.91. The Morgan fingerprint density at radius 3 is 2.42 bits per heavy atom. The first-order chi connectivity index (χ1) is 5.62. The third-order valence-electron chi connectivity index (χ3n) is 1.28. The van der Waals surface area contributed by atoms with Crippen molar-refractivity contribution in [1.82, 2.24) is 0 Å². The van der Waals surface area contributed by atoms with E-state index < -0.39 is 9.84 Å². The fourth-order valence-electron chi connectivity index (χ4n) is 0.756. The molecule has 0 aromatic carbocycles. The van der Waals surface area contributed by atoms with Gasteiger partial charge in [0.25, 0.3) is 0 Å². The lowest BCUT2D eigenvalue weighted by Gasteiger charge is -2.02. The molecular weight excluding hydrogens is 200 g/mol. The van der Waals surface area contributed by atoms with Gasteiger partial charge in [0.2, 0.25) is 0 Å². The largest absolute Gasteiger partial charge is 0.379 e. The monoisotopic (exact) mass is 214 g/mol. The molecule has 0 aromatic heterocycles. The summed E-state index contributed by atoms with van der Waals surface area (Å²) in [5.41, 5.74) is 0. The molecule has 0 unspecified atom stereocenters. The molecule has 5 heteroatoms. The van der Waals surface area contributed by atoms with Crippen LogP contribution < -0.4 is 0 Å². The van der Waals surface area contributed by atoms with E-state index in [0.717, 1.165) is 0 Å². The van der Waals surface area contributed by atoms with Gasteiger partial charge in [0.1, 0.15) is 0 Å². The zero-order valence-electron chi connectivity index (χ0n) is 7.25. The molecule has 74 valence electrons. The second-order valence-corrected chi connectivity index (χ2v) is 5.13. The predicted octanol–water partition coefficient (Wildman–Crippen LogP) is 1.07. The van der Waals surface area contributed by atoms with Crippen molar-refractivity contribution in [2.45, 2.75) is 13.3 Å². The SMILES string of the molecule is CCCS(=O)(=O)CCOCCCl. The molecule has 0 aliphatic heterocycles. The number of ether oxygens (including phenoxy) is 1. The molecule has 0 aliphatic rings. The fraction of sp³-hybridized carbons (Fsp3) is 1.00. The van der Waals surface area contributed by atoms with Gasteiger partial charge in [-0.05, 0) is 6.42 Å². The number of hydrogen-bond acceptors (Lipinski definition) is 3. The van der Waals surface area contributed by atoms with Gasteiger partial charge in [0.15, 0.2) is 9.84 Å². The van der Waals surface area contributed by atoms with E-state index >= 15 is 0 Å². The van der Waals surface area contributed by atoms with Crippen molar-refractivity contribution in [3.05, 3.63) is 0 Å². The van der Waals surface area contributed by atoms with Crippen molar-refractivity contribution in [2.75, 3.05) is 30.6 Å². The topological polar surface area (TPSA) is 43.4 Å². The van der Waals surface area contributed by atoms with Crippen molar-refractivity contribution >= 4 is 21.4 Å². The molecule has 0 fully saturated rings. The van der Waals surface area contributed by atoms with E-state index in [9.17, 15) is 8.42 Å². The van der Waals surface area contributed by atoms with Gasteiger partial charge in [-0.25, -0.2) is 8.42 Å². The molecule has 0 rings (SSSR count). The Bertz CT molecular complexity index is 189. The lowest BCUT2D eigenvalue weighted by atomic mass is 10.6. The van der Waals surface area contributed by atoms with Gasteiger partial charge < -0.3 is 4.74 Å². The van der Waals surface area contributed by atoms with E-state index in [1.54, 1.807) is 0 Å². The van der Waals surface area contributed by atoms with Crippen molar-refractivity contribution in [3.8, 4) is 0 Å².